The normalized spacial score (nSPS) is 15.8. The standard InChI is InChI=1S/C32H60N2O3/c1-3-4-5-6-7-8-9-10-11-12-13-14-15-16-17-18-19-20-21-24-32(36)37-28-23-27-34-26-22-25-33-30(2)29-31(34)35/h3-29H2,1-2H3/b33-30-. The fourth-order valence-corrected chi connectivity index (χ4v) is 5.14. The van der Waals surface area contributed by atoms with Crippen molar-refractivity contribution in [2.45, 2.75) is 162 Å². The van der Waals surface area contributed by atoms with Crippen LogP contribution in [0.5, 0.6) is 0 Å². The zero-order valence-corrected chi connectivity index (χ0v) is 24.7. The predicted octanol–water partition coefficient (Wildman–Crippen LogP) is 8.82. The van der Waals surface area contributed by atoms with E-state index in [0.29, 0.717) is 32.4 Å². The summed E-state index contributed by atoms with van der Waals surface area (Å²) >= 11 is 0. The van der Waals surface area contributed by atoms with Gasteiger partial charge in [0.25, 0.3) is 0 Å². The molecule has 0 aromatic carbocycles. The molecule has 1 amide bonds. The second kappa shape index (κ2) is 24.9. The van der Waals surface area contributed by atoms with Gasteiger partial charge in [-0.05, 0) is 26.2 Å². The molecule has 0 saturated carbocycles. The van der Waals surface area contributed by atoms with Crippen LogP contribution in [-0.4, -0.2) is 48.7 Å². The number of carbonyl (C=O) groups excluding carboxylic acids is 2. The Hall–Kier alpha value is -1.39. The Kier molecular flexibility index (Phi) is 22.7. The van der Waals surface area contributed by atoms with Gasteiger partial charge in [-0.25, -0.2) is 0 Å². The summed E-state index contributed by atoms with van der Waals surface area (Å²) < 4.78 is 5.38. The van der Waals surface area contributed by atoms with Crippen LogP contribution < -0.4 is 0 Å². The topological polar surface area (TPSA) is 59.0 Å². The zero-order valence-electron chi connectivity index (χ0n) is 24.7. The first-order valence-electron chi connectivity index (χ1n) is 16.1. The van der Waals surface area contributed by atoms with Gasteiger partial charge in [-0.1, -0.05) is 122 Å². The van der Waals surface area contributed by atoms with Crippen LogP contribution in [0.1, 0.15) is 162 Å². The number of hydrogen-bond donors (Lipinski definition) is 0. The number of unbranched alkanes of at least 4 members (excludes halogenated alkanes) is 18. The maximum Gasteiger partial charge on any atom is 0.305 e. The van der Waals surface area contributed by atoms with Crippen LogP contribution in [0, 0.1) is 0 Å². The van der Waals surface area contributed by atoms with Crippen LogP contribution in [0.4, 0.5) is 0 Å². The molecule has 5 heteroatoms. The quantitative estimate of drug-likeness (QED) is 0.0943. The summed E-state index contributed by atoms with van der Waals surface area (Å²) in [4.78, 5) is 30.5. The zero-order chi connectivity index (χ0) is 26.8. The number of rotatable bonds is 24. The molecule has 0 bridgehead atoms. The van der Waals surface area contributed by atoms with Gasteiger partial charge in [-0.15, -0.1) is 0 Å². The molecule has 1 rings (SSSR count). The average molecular weight is 521 g/mol. The molecule has 0 unspecified atom stereocenters. The van der Waals surface area contributed by atoms with Crippen molar-refractivity contribution in [1.82, 2.24) is 4.90 Å². The maximum atomic E-state index is 12.2. The second-order valence-corrected chi connectivity index (χ2v) is 11.2. The first-order valence-corrected chi connectivity index (χ1v) is 16.1. The minimum Gasteiger partial charge on any atom is -0.466 e. The van der Waals surface area contributed by atoms with Crippen LogP contribution in [0.15, 0.2) is 4.99 Å². The molecule has 0 radical (unpaired) electrons. The molecular formula is C32H60N2O3. The van der Waals surface area contributed by atoms with E-state index in [1.807, 2.05) is 11.8 Å². The minimum absolute atomic E-state index is 0.0889. The maximum absolute atomic E-state index is 12.2. The van der Waals surface area contributed by atoms with Gasteiger partial charge in [0, 0.05) is 31.8 Å². The fraction of sp³-hybridized carbons (Fsp3) is 0.906. The third-order valence-corrected chi connectivity index (χ3v) is 7.55. The molecule has 1 aliphatic heterocycles. The third-order valence-electron chi connectivity index (χ3n) is 7.55. The van der Waals surface area contributed by atoms with E-state index in [0.717, 1.165) is 38.1 Å². The Morgan fingerprint density at radius 1 is 0.757 bits per heavy atom. The average Bonchev–Trinajstić information content (AvgIpc) is 2.88. The first kappa shape index (κ1) is 33.6. The summed E-state index contributed by atoms with van der Waals surface area (Å²) in [6.07, 6.45) is 28.3. The molecule has 0 aliphatic carbocycles. The number of ether oxygens (including phenoxy) is 1. The summed E-state index contributed by atoms with van der Waals surface area (Å²) in [5.74, 6) is 0.0512. The van der Waals surface area contributed by atoms with Crippen LogP contribution in [0.25, 0.3) is 0 Å². The second-order valence-electron chi connectivity index (χ2n) is 11.2. The first-order chi connectivity index (χ1) is 18.1. The van der Waals surface area contributed by atoms with Crippen molar-refractivity contribution in [3.05, 3.63) is 0 Å². The van der Waals surface area contributed by atoms with Crippen LogP contribution in [-0.2, 0) is 14.3 Å². The number of nitrogens with zero attached hydrogens (tertiary/aromatic N) is 2. The Morgan fingerprint density at radius 2 is 1.24 bits per heavy atom. The van der Waals surface area contributed by atoms with Crippen molar-refractivity contribution in [1.29, 1.82) is 0 Å². The van der Waals surface area contributed by atoms with Crippen LogP contribution in [0.2, 0.25) is 0 Å². The summed E-state index contributed by atoms with van der Waals surface area (Å²) in [5.41, 5.74) is 0.917. The van der Waals surface area contributed by atoms with Crippen molar-refractivity contribution >= 4 is 17.6 Å². The lowest BCUT2D eigenvalue weighted by Gasteiger charge is -2.24. The Bertz CT molecular complexity index is 591. The minimum atomic E-state index is -0.0889. The van der Waals surface area contributed by atoms with Gasteiger partial charge in [-0.2, -0.15) is 0 Å². The highest BCUT2D eigenvalue weighted by Gasteiger charge is 2.16. The van der Waals surface area contributed by atoms with Crippen LogP contribution >= 0.6 is 0 Å². The highest BCUT2D eigenvalue weighted by atomic mass is 16.5. The van der Waals surface area contributed by atoms with Crippen molar-refractivity contribution < 1.29 is 14.3 Å². The lowest BCUT2D eigenvalue weighted by Crippen LogP contribution is -2.36. The van der Waals surface area contributed by atoms with Gasteiger partial charge in [0.05, 0.1) is 13.0 Å². The van der Waals surface area contributed by atoms with E-state index >= 15 is 0 Å². The Balaban J connectivity index is 1.79. The predicted molar refractivity (Wildman–Crippen MR) is 157 cm³/mol. The lowest BCUT2D eigenvalue weighted by molar-refractivity contribution is -0.144. The lowest BCUT2D eigenvalue weighted by atomic mass is 10.0. The third kappa shape index (κ3) is 21.3. The van der Waals surface area contributed by atoms with E-state index in [4.69, 9.17) is 4.74 Å². The van der Waals surface area contributed by atoms with E-state index < -0.39 is 0 Å². The number of carbonyl (C=O) groups is 2. The molecule has 1 aliphatic rings. The molecule has 0 N–H and O–H groups in total. The molecule has 0 atom stereocenters. The van der Waals surface area contributed by atoms with E-state index in [1.54, 1.807) is 0 Å². The summed E-state index contributed by atoms with van der Waals surface area (Å²) in [6, 6.07) is 0. The largest absolute Gasteiger partial charge is 0.466 e. The van der Waals surface area contributed by atoms with Crippen molar-refractivity contribution in [2.24, 2.45) is 4.99 Å². The van der Waals surface area contributed by atoms with Crippen molar-refractivity contribution in [3.63, 3.8) is 0 Å². The van der Waals surface area contributed by atoms with Gasteiger partial charge in [0.15, 0.2) is 0 Å². The van der Waals surface area contributed by atoms with Gasteiger partial charge in [0.2, 0.25) is 5.91 Å². The number of esters is 1. The van der Waals surface area contributed by atoms with E-state index in [1.165, 1.54) is 109 Å². The molecule has 5 nitrogen and oxygen atoms in total. The van der Waals surface area contributed by atoms with E-state index in [9.17, 15) is 9.59 Å². The molecule has 37 heavy (non-hydrogen) atoms. The van der Waals surface area contributed by atoms with Crippen molar-refractivity contribution in [2.75, 3.05) is 26.2 Å². The molecule has 0 fully saturated rings. The van der Waals surface area contributed by atoms with Crippen molar-refractivity contribution in [3.8, 4) is 0 Å². The van der Waals surface area contributed by atoms with E-state index in [2.05, 4.69) is 11.9 Å². The number of amides is 1. The smallest absolute Gasteiger partial charge is 0.305 e. The van der Waals surface area contributed by atoms with Gasteiger partial charge < -0.3 is 9.64 Å². The SMILES string of the molecule is CCCCCCCCCCCCCCCCCCCCCC(=O)OCCCN1CCC/N=C(/C)CC1=O. The highest BCUT2D eigenvalue weighted by Crippen LogP contribution is 2.15. The molecule has 0 aromatic rings. The molecule has 0 aromatic heterocycles. The van der Waals surface area contributed by atoms with Gasteiger partial charge in [0.1, 0.15) is 0 Å². The Morgan fingerprint density at radius 3 is 1.76 bits per heavy atom. The number of aliphatic imine (C=N–C) groups is 1. The fourth-order valence-electron chi connectivity index (χ4n) is 5.14. The molecule has 216 valence electrons. The highest BCUT2D eigenvalue weighted by molar-refractivity contribution is 5.99. The number of hydrogen-bond acceptors (Lipinski definition) is 4. The summed E-state index contributed by atoms with van der Waals surface area (Å²) in [6.45, 7) is 6.83. The van der Waals surface area contributed by atoms with E-state index in [-0.39, 0.29) is 11.9 Å². The monoisotopic (exact) mass is 520 g/mol. The molecule has 1 heterocycles. The van der Waals surface area contributed by atoms with Gasteiger partial charge >= 0.3 is 5.97 Å². The molecule has 0 saturated heterocycles. The van der Waals surface area contributed by atoms with Crippen LogP contribution in [0.3, 0.4) is 0 Å². The molecular weight excluding hydrogens is 460 g/mol. The summed E-state index contributed by atoms with van der Waals surface area (Å²) in [7, 11) is 0. The Labute approximate surface area is 229 Å². The summed E-state index contributed by atoms with van der Waals surface area (Å²) in [5, 5.41) is 0. The molecule has 0 spiro atoms. The van der Waals surface area contributed by atoms with Gasteiger partial charge in [-0.3, -0.25) is 14.6 Å².